The van der Waals surface area contributed by atoms with Crippen molar-refractivity contribution in [2.45, 2.75) is 33.1 Å². The standard InChI is InChI=1S/C11H13ClN2OS/c1-5-7(3)15-8(4)9(5)11-14-13-10(16-11)6(2)12/h6H,1-4H3. The van der Waals surface area contributed by atoms with E-state index in [4.69, 9.17) is 16.0 Å². The Kier molecular flexibility index (Phi) is 3.04. The van der Waals surface area contributed by atoms with Crippen LogP contribution in [0.2, 0.25) is 0 Å². The first-order valence-corrected chi connectivity index (χ1v) is 6.30. The second kappa shape index (κ2) is 4.18. The molecule has 0 aliphatic rings. The molecule has 0 N–H and O–H groups in total. The van der Waals surface area contributed by atoms with Crippen molar-refractivity contribution < 1.29 is 4.42 Å². The van der Waals surface area contributed by atoms with Crippen molar-refractivity contribution in [3.63, 3.8) is 0 Å². The van der Waals surface area contributed by atoms with Crippen LogP contribution in [0.3, 0.4) is 0 Å². The van der Waals surface area contributed by atoms with E-state index in [1.54, 1.807) is 0 Å². The highest BCUT2D eigenvalue weighted by molar-refractivity contribution is 7.15. The minimum Gasteiger partial charge on any atom is -0.466 e. The van der Waals surface area contributed by atoms with Crippen molar-refractivity contribution in [1.82, 2.24) is 10.2 Å². The average Bonchev–Trinajstić information content (AvgIpc) is 2.74. The van der Waals surface area contributed by atoms with Gasteiger partial charge in [0.2, 0.25) is 0 Å². The Morgan fingerprint density at radius 1 is 1.19 bits per heavy atom. The molecular weight excluding hydrogens is 244 g/mol. The molecule has 1 unspecified atom stereocenters. The molecule has 5 heteroatoms. The molecule has 2 heterocycles. The number of halogens is 1. The van der Waals surface area contributed by atoms with E-state index in [0.29, 0.717) is 0 Å². The Morgan fingerprint density at radius 3 is 2.31 bits per heavy atom. The van der Waals surface area contributed by atoms with Gasteiger partial charge in [0.1, 0.15) is 16.5 Å². The molecule has 1 atom stereocenters. The third-order valence-corrected chi connectivity index (χ3v) is 4.02. The van der Waals surface area contributed by atoms with Crippen molar-refractivity contribution in [3.8, 4) is 10.6 Å². The maximum Gasteiger partial charge on any atom is 0.151 e. The predicted octanol–water partition coefficient (Wildman–Crippen LogP) is 4.02. The smallest absolute Gasteiger partial charge is 0.151 e. The van der Waals surface area contributed by atoms with Crippen LogP contribution in [0.15, 0.2) is 4.42 Å². The zero-order valence-corrected chi connectivity index (χ0v) is 11.2. The molecule has 2 rings (SSSR count). The maximum atomic E-state index is 5.97. The first-order chi connectivity index (χ1) is 7.50. The van der Waals surface area contributed by atoms with Crippen LogP contribution in [0.1, 0.15) is 34.4 Å². The molecule has 0 aliphatic carbocycles. The van der Waals surface area contributed by atoms with Crippen molar-refractivity contribution in [2.75, 3.05) is 0 Å². The number of rotatable bonds is 2. The molecule has 0 saturated carbocycles. The third kappa shape index (κ3) is 1.87. The third-order valence-electron chi connectivity index (χ3n) is 2.56. The summed E-state index contributed by atoms with van der Waals surface area (Å²) in [6.07, 6.45) is 0. The van der Waals surface area contributed by atoms with Crippen LogP contribution in [-0.4, -0.2) is 10.2 Å². The van der Waals surface area contributed by atoms with Gasteiger partial charge in [-0.3, -0.25) is 0 Å². The average molecular weight is 257 g/mol. The van der Waals surface area contributed by atoms with Crippen LogP contribution in [0.5, 0.6) is 0 Å². The lowest BCUT2D eigenvalue weighted by Crippen LogP contribution is -1.81. The number of furan rings is 1. The summed E-state index contributed by atoms with van der Waals surface area (Å²) in [7, 11) is 0. The first kappa shape index (κ1) is 11.6. The fourth-order valence-electron chi connectivity index (χ4n) is 1.60. The van der Waals surface area contributed by atoms with Gasteiger partial charge >= 0.3 is 0 Å². The van der Waals surface area contributed by atoms with Gasteiger partial charge in [-0.25, -0.2) is 0 Å². The summed E-state index contributed by atoms with van der Waals surface area (Å²) < 4.78 is 5.58. The SMILES string of the molecule is Cc1oc(C)c(-c2nnc(C(C)Cl)s2)c1C. The summed E-state index contributed by atoms with van der Waals surface area (Å²) in [5.41, 5.74) is 2.18. The number of alkyl halides is 1. The lowest BCUT2D eigenvalue weighted by molar-refractivity contribution is 0.503. The Morgan fingerprint density at radius 2 is 1.88 bits per heavy atom. The summed E-state index contributed by atoms with van der Waals surface area (Å²) >= 11 is 7.49. The molecule has 2 aromatic heterocycles. The molecule has 0 amide bonds. The molecule has 0 bridgehead atoms. The van der Waals surface area contributed by atoms with E-state index in [0.717, 1.165) is 32.7 Å². The maximum absolute atomic E-state index is 5.97. The normalized spacial score (nSPS) is 13.1. The van der Waals surface area contributed by atoms with Crippen molar-refractivity contribution in [2.24, 2.45) is 0 Å². The molecule has 2 aromatic rings. The van der Waals surface area contributed by atoms with Gasteiger partial charge in [-0.2, -0.15) is 0 Å². The van der Waals surface area contributed by atoms with E-state index in [9.17, 15) is 0 Å². The zero-order valence-electron chi connectivity index (χ0n) is 9.67. The molecule has 0 radical (unpaired) electrons. The summed E-state index contributed by atoms with van der Waals surface area (Å²) in [6.45, 7) is 7.83. The molecule has 0 spiro atoms. The van der Waals surface area contributed by atoms with Crippen LogP contribution < -0.4 is 0 Å². The molecule has 3 nitrogen and oxygen atoms in total. The van der Waals surface area contributed by atoms with Gasteiger partial charge in [0.05, 0.1) is 10.9 Å². The highest BCUT2D eigenvalue weighted by Crippen LogP contribution is 2.35. The van der Waals surface area contributed by atoms with Gasteiger partial charge in [0, 0.05) is 5.56 Å². The van der Waals surface area contributed by atoms with Gasteiger partial charge in [0.15, 0.2) is 5.01 Å². The number of hydrogen-bond donors (Lipinski definition) is 0. The number of nitrogens with zero attached hydrogens (tertiary/aromatic N) is 2. The molecule has 16 heavy (non-hydrogen) atoms. The van der Waals surface area contributed by atoms with Crippen LogP contribution >= 0.6 is 22.9 Å². The number of aryl methyl sites for hydroxylation is 2. The molecule has 86 valence electrons. The van der Waals surface area contributed by atoms with E-state index in [-0.39, 0.29) is 5.38 Å². The predicted molar refractivity (Wildman–Crippen MR) is 66.1 cm³/mol. The lowest BCUT2D eigenvalue weighted by atomic mass is 10.1. The van der Waals surface area contributed by atoms with Crippen molar-refractivity contribution >= 4 is 22.9 Å². The Bertz CT molecular complexity index is 516. The topological polar surface area (TPSA) is 38.9 Å². The molecule has 0 aromatic carbocycles. The minimum absolute atomic E-state index is 0.0974. The molecular formula is C11H13ClN2OS. The summed E-state index contributed by atoms with van der Waals surface area (Å²) in [6, 6.07) is 0. The van der Waals surface area contributed by atoms with Gasteiger partial charge in [-0.1, -0.05) is 11.3 Å². The van der Waals surface area contributed by atoms with E-state index < -0.39 is 0 Å². The monoisotopic (exact) mass is 256 g/mol. The van der Waals surface area contributed by atoms with E-state index in [1.807, 2.05) is 27.7 Å². The molecule has 0 fully saturated rings. The van der Waals surface area contributed by atoms with Gasteiger partial charge in [-0.05, 0) is 27.7 Å². The number of aromatic nitrogens is 2. The fourth-order valence-corrected chi connectivity index (χ4v) is 2.70. The lowest BCUT2D eigenvalue weighted by Gasteiger charge is -1.94. The molecule has 0 aliphatic heterocycles. The van der Waals surface area contributed by atoms with Crippen molar-refractivity contribution in [3.05, 3.63) is 22.1 Å². The second-order valence-corrected chi connectivity index (χ2v) is 5.44. The zero-order chi connectivity index (χ0) is 11.9. The van der Waals surface area contributed by atoms with Crippen LogP contribution in [0.4, 0.5) is 0 Å². The van der Waals surface area contributed by atoms with Crippen LogP contribution in [0.25, 0.3) is 10.6 Å². The first-order valence-electron chi connectivity index (χ1n) is 5.05. The summed E-state index contributed by atoms with van der Waals surface area (Å²) in [5, 5.41) is 9.87. The van der Waals surface area contributed by atoms with Crippen LogP contribution in [0, 0.1) is 20.8 Å². The summed E-state index contributed by atoms with van der Waals surface area (Å²) in [5.74, 6) is 1.82. The van der Waals surface area contributed by atoms with E-state index in [1.165, 1.54) is 11.3 Å². The molecule has 0 saturated heterocycles. The summed E-state index contributed by atoms with van der Waals surface area (Å²) in [4.78, 5) is 0. The highest BCUT2D eigenvalue weighted by atomic mass is 35.5. The fraction of sp³-hybridized carbons (Fsp3) is 0.455. The van der Waals surface area contributed by atoms with Gasteiger partial charge in [0.25, 0.3) is 0 Å². The van der Waals surface area contributed by atoms with Gasteiger partial charge in [-0.15, -0.1) is 21.8 Å². The second-order valence-electron chi connectivity index (χ2n) is 3.78. The van der Waals surface area contributed by atoms with Gasteiger partial charge < -0.3 is 4.42 Å². The quantitative estimate of drug-likeness (QED) is 0.762. The largest absolute Gasteiger partial charge is 0.466 e. The van der Waals surface area contributed by atoms with E-state index >= 15 is 0 Å². The van der Waals surface area contributed by atoms with Crippen molar-refractivity contribution in [1.29, 1.82) is 0 Å². The Balaban J connectivity index is 2.50. The van der Waals surface area contributed by atoms with E-state index in [2.05, 4.69) is 10.2 Å². The number of hydrogen-bond acceptors (Lipinski definition) is 4. The Labute approximate surface area is 103 Å². The highest BCUT2D eigenvalue weighted by Gasteiger charge is 2.18. The minimum atomic E-state index is -0.0974. The van der Waals surface area contributed by atoms with Crippen LogP contribution in [-0.2, 0) is 0 Å². The Hall–Kier alpha value is -0.870.